The summed E-state index contributed by atoms with van der Waals surface area (Å²) >= 11 is 0. The molecule has 2 aliphatic heterocycles. The summed E-state index contributed by atoms with van der Waals surface area (Å²) in [7, 11) is 1.90. The van der Waals surface area contributed by atoms with E-state index < -0.39 is 23.2 Å². The number of aromatic amines is 1. The molecule has 0 spiro atoms. The van der Waals surface area contributed by atoms with Crippen LogP contribution in [0.2, 0.25) is 0 Å². The first-order valence-electron chi connectivity index (χ1n) is 9.21. The van der Waals surface area contributed by atoms with E-state index in [-0.39, 0.29) is 22.4 Å². The minimum Gasteiger partial charge on any atom is -0.492 e. The molecule has 27 heavy (non-hydrogen) atoms. The average molecular weight is 376 g/mol. The van der Waals surface area contributed by atoms with E-state index in [0.717, 1.165) is 13.0 Å². The fourth-order valence-corrected chi connectivity index (χ4v) is 4.58. The number of H-pyrrole nitrogens is 1. The van der Waals surface area contributed by atoms with E-state index in [4.69, 9.17) is 9.26 Å². The molecule has 3 aliphatic rings. The van der Waals surface area contributed by atoms with Gasteiger partial charge < -0.3 is 14.6 Å². The van der Waals surface area contributed by atoms with E-state index >= 15 is 4.39 Å². The number of pyridine rings is 1. The van der Waals surface area contributed by atoms with Gasteiger partial charge in [-0.15, -0.1) is 0 Å². The predicted octanol–water partition coefficient (Wildman–Crippen LogP) is -1.22. The molecule has 0 aromatic carbocycles. The molecule has 8 nitrogen and oxygen atoms in total. The third-order valence-corrected chi connectivity index (χ3v) is 5.94. The third kappa shape index (κ3) is 2.21. The second-order valence-corrected chi connectivity index (χ2v) is 7.52. The lowest BCUT2D eigenvalue weighted by molar-refractivity contribution is 0.122. The molecular formula is C18H21FN4O4. The molecule has 4 atom stereocenters. The minimum atomic E-state index is -1.39. The Morgan fingerprint density at radius 2 is 2.19 bits per heavy atom. The van der Waals surface area contributed by atoms with Gasteiger partial charge >= 0.3 is 0 Å². The van der Waals surface area contributed by atoms with E-state index in [0.29, 0.717) is 30.3 Å². The fourth-order valence-electron chi connectivity index (χ4n) is 4.58. The van der Waals surface area contributed by atoms with Gasteiger partial charge in [-0.3, -0.25) is 19.1 Å². The Kier molecular flexibility index (Phi) is 3.60. The number of alkyl halides is 1. The van der Waals surface area contributed by atoms with Crippen molar-refractivity contribution < 1.29 is 13.7 Å². The van der Waals surface area contributed by atoms with Crippen LogP contribution in [-0.4, -0.2) is 59.6 Å². The van der Waals surface area contributed by atoms with Crippen molar-refractivity contribution in [2.24, 2.45) is 0 Å². The van der Waals surface area contributed by atoms with Crippen LogP contribution in [0, 0.1) is 0 Å². The zero-order valence-electron chi connectivity index (χ0n) is 15.1. The second-order valence-electron chi connectivity index (χ2n) is 7.52. The molecule has 144 valence electrons. The Morgan fingerprint density at radius 3 is 2.93 bits per heavy atom. The van der Waals surface area contributed by atoms with Gasteiger partial charge in [0, 0.05) is 24.4 Å². The molecule has 2 N–H and O–H groups in total. The topological polar surface area (TPSA) is 92.5 Å². The van der Waals surface area contributed by atoms with E-state index in [1.54, 1.807) is 4.57 Å². The quantitative estimate of drug-likeness (QED) is 0.683. The zero-order valence-corrected chi connectivity index (χ0v) is 15.1. The number of ether oxygens (including phenoxy) is 1. The van der Waals surface area contributed by atoms with E-state index in [9.17, 15) is 9.59 Å². The average Bonchev–Trinajstić information content (AvgIpc) is 3.27. The van der Waals surface area contributed by atoms with Gasteiger partial charge in [-0.1, -0.05) is 0 Å². The predicted molar refractivity (Wildman–Crippen MR) is 96.6 cm³/mol. The highest BCUT2D eigenvalue weighted by Gasteiger charge is 2.41. The summed E-state index contributed by atoms with van der Waals surface area (Å²) in [5.74, 6) is 0.456. The van der Waals surface area contributed by atoms with Crippen molar-refractivity contribution in [3.63, 3.8) is 0 Å². The highest BCUT2D eigenvalue weighted by Crippen LogP contribution is 2.28. The molecular weight excluding hydrogens is 355 g/mol. The highest BCUT2D eigenvalue weighted by molar-refractivity contribution is 5.74. The van der Waals surface area contributed by atoms with Crippen LogP contribution in [0.1, 0.15) is 19.4 Å². The third-order valence-electron chi connectivity index (χ3n) is 5.94. The number of rotatable bonds is 2. The lowest BCUT2D eigenvalue weighted by Gasteiger charge is -2.36. The van der Waals surface area contributed by atoms with Gasteiger partial charge in [0.1, 0.15) is 24.6 Å². The molecule has 0 amide bonds. The second kappa shape index (κ2) is 5.80. The molecule has 5 rings (SSSR count). The Labute approximate surface area is 152 Å². The van der Waals surface area contributed by atoms with Crippen molar-refractivity contribution in [2.75, 3.05) is 26.7 Å². The lowest BCUT2D eigenvalue weighted by atomic mass is 9.98. The van der Waals surface area contributed by atoms with Crippen molar-refractivity contribution >= 4 is 22.9 Å². The lowest BCUT2D eigenvalue weighted by Crippen LogP contribution is -2.59. The molecule has 4 heterocycles. The first kappa shape index (κ1) is 16.8. The fraction of sp³-hybridized carbons (Fsp3) is 0.556. The Balaban J connectivity index is 1.84. The highest BCUT2D eigenvalue weighted by atomic mass is 19.1. The van der Waals surface area contributed by atoms with Gasteiger partial charge in [-0.05, 0) is 26.5 Å². The molecule has 4 unspecified atom stereocenters. The number of aromatic nitrogens is 2. The summed E-state index contributed by atoms with van der Waals surface area (Å²) in [6, 6.07) is -0.440. The summed E-state index contributed by atoms with van der Waals surface area (Å²) in [5.41, 5.74) is -0.919. The van der Waals surface area contributed by atoms with Crippen LogP contribution in [0.3, 0.4) is 0 Å². The molecule has 0 bridgehead atoms. The van der Waals surface area contributed by atoms with E-state index in [1.165, 1.54) is 6.08 Å². The van der Waals surface area contributed by atoms with Gasteiger partial charge in [0.15, 0.2) is 5.39 Å². The van der Waals surface area contributed by atoms with Gasteiger partial charge in [-0.2, -0.15) is 5.16 Å². The number of nitrogens with zero attached hydrogens (tertiary/aromatic N) is 2. The van der Waals surface area contributed by atoms with Crippen molar-refractivity contribution in [3.05, 3.63) is 31.1 Å². The van der Waals surface area contributed by atoms with Gasteiger partial charge in [0.2, 0.25) is 11.1 Å². The largest absolute Gasteiger partial charge is 0.492 e. The summed E-state index contributed by atoms with van der Waals surface area (Å²) < 4.78 is 28.3. The maximum atomic E-state index is 15.2. The van der Waals surface area contributed by atoms with Gasteiger partial charge in [0.05, 0.1) is 11.4 Å². The maximum Gasteiger partial charge on any atom is 0.293 e. The molecule has 1 aliphatic carbocycles. The van der Waals surface area contributed by atoms with Crippen molar-refractivity contribution in [1.29, 1.82) is 0 Å². The first-order chi connectivity index (χ1) is 13.0. The van der Waals surface area contributed by atoms with Crippen LogP contribution in [0.5, 0.6) is 0 Å². The molecule has 1 fully saturated rings. The van der Waals surface area contributed by atoms with Gasteiger partial charge in [0.25, 0.3) is 5.56 Å². The van der Waals surface area contributed by atoms with E-state index in [1.807, 2.05) is 14.0 Å². The molecule has 0 saturated carbocycles. The SMILES string of the molecule is CNC1CCN(C2C3=c4c(c(=O)c5c(=O)[nH]oc5n4C(C)CO3)=CC2F)C1. The summed E-state index contributed by atoms with van der Waals surface area (Å²) in [6.45, 7) is 3.69. The normalized spacial score (nSPS) is 30.3. The van der Waals surface area contributed by atoms with Crippen LogP contribution in [-0.2, 0) is 4.74 Å². The van der Waals surface area contributed by atoms with Crippen LogP contribution in [0.15, 0.2) is 14.1 Å². The summed E-state index contributed by atoms with van der Waals surface area (Å²) in [6.07, 6.45) is 0.873. The molecule has 9 heteroatoms. The first-order valence-corrected chi connectivity index (χ1v) is 9.21. The Hall–Kier alpha value is -2.39. The summed E-state index contributed by atoms with van der Waals surface area (Å²) in [5, 5.41) is 6.12. The molecule has 1 saturated heterocycles. The number of likely N-dealkylation sites (N-methyl/N-ethyl adjacent to an activating group) is 1. The Morgan fingerprint density at radius 1 is 1.37 bits per heavy atom. The van der Waals surface area contributed by atoms with Crippen LogP contribution in [0.25, 0.3) is 22.9 Å². The van der Waals surface area contributed by atoms with Crippen LogP contribution in [0.4, 0.5) is 4.39 Å². The number of likely N-dealkylation sites (tertiary alicyclic amines) is 1. The Bertz CT molecular complexity index is 1160. The standard InChI is InChI=1S/C18H21FN4O4/c1-8-7-26-16-13-10(15(24)12-17(25)21-27-18(12)23(8)13)5-11(19)14(16)22-4-3-9(6-22)20-2/h5,8-9,11,14,20H,3-4,6-7H2,1-2H3,(H,21,25). The van der Waals surface area contributed by atoms with Crippen molar-refractivity contribution in [2.45, 2.75) is 37.6 Å². The molecule has 0 radical (unpaired) electrons. The number of hydrogen-bond donors (Lipinski definition) is 2. The number of hydrogen-bond acceptors (Lipinski definition) is 6. The summed E-state index contributed by atoms with van der Waals surface area (Å²) in [4.78, 5) is 27.0. The minimum absolute atomic E-state index is 0.0693. The van der Waals surface area contributed by atoms with Crippen molar-refractivity contribution in [1.82, 2.24) is 19.9 Å². The monoisotopic (exact) mass is 376 g/mol. The maximum absolute atomic E-state index is 15.2. The smallest absolute Gasteiger partial charge is 0.293 e. The van der Waals surface area contributed by atoms with Crippen LogP contribution >= 0.6 is 0 Å². The number of nitrogens with one attached hydrogen (secondary N) is 2. The number of halogens is 1. The van der Waals surface area contributed by atoms with Crippen LogP contribution < -0.4 is 26.9 Å². The molecule has 2 aromatic heterocycles. The van der Waals surface area contributed by atoms with E-state index in [2.05, 4.69) is 15.4 Å². The van der Waals surface area contributed by atoms with Crippen molar-refractivity contribution in [3.8, 4) is 0 Å². The van der Waals surface area contributed by atoms with Gasteiger partial charge in [-0.25, -0.2) is 4.39 Å². The number of fused-ring (bicyclic) bond motifs is 2. The molecule has 2 aromatic rings. The zero-order chi connectivity index (χ0) is 18.9.